The lowest BCUT2D eigenvalue weighted by molar-refractivity contribution is 0.477. The molecule has 0 atom stereocenters. The SMILES string of the molecule is Oc1cccc(Br)c1-c1cc2ccccc2[nH]1. The average molecular weight is 288 g/mol. The Hall–Kier alpha value is -1.74. The molecule has 0 amide bonds. The molecule has 0 bridgehead atoms. The van der Waals surface area contributed by atoms with E-state index in [1.165, 1.54) is 0 Å². The molecule has 84 valence electrons. The standard InChI is InChI=1S/C14H10BrNO/c15-10-5-3-7-13(17)14(10)12-8-9-4-1-2-6-11(9)16-12/h1-8,16-17H. The Labute approximate surface area is 107 Å². The number of phenolic OH excluding ortho intramolecular Hbond substituents is 1. The minimum absolute atomic E-state index is 0.269. The van der Waals surface area contributed by atoms with Gasteiger partial charge in [-0.3, -0.25) is 0 Å². The van der Waals surface area contributed by atoms with E-state index in [4.69, 9.17) is 0 Å². The fraction of sp³-hybridized carbons (Fsp3) is 0. The largest absolute Gasteiger partial charge is 0.507 e. The zero-order valence-corrected chi connectivity index (χ0v) is 10.5. The number of rotatable bonds is 1. The second-order valence-electron chi connectivity index (χ2n) is 3.90. The molecular weight excluding hydrogens is 278 g/mol. The molecule has 2 nitrogen and oxygen atoms in total. The lowest BCUT2D eigenvalue weighted by atomic mass is 10.1. The molecule has 0 radical (unpaired) electrons. The van der Waals surface area contributed by atoms with E-state index in [-0.39, 0.29) is 5.75 Å². The van der Waals surface area contributed by atoms with Gasteiger partial charge < -0.3 is 10.1 Å². The van der Waals surface area contributed by atoms with Gasteiger partial charge in [0, 0.05) is 15.4 Å². The molecule has 0 saturated carbocycles. The predicted molar refractivity (Wildman–Crippen MR) is 73.1 cm³/mol. The minimum Gasteiger partial charge on any atom is -0.507 e. The average Bonchev–Trinajstić information content (AvgIpc) is 2.71. The van der Waals surface area contributed by atoms with Crippen LogP contribution in [0.5, 0.6) is 5.75 Å². The third-order valence-corrected chi connectivity index (χ3v) is 3.45. The number of nitrogens with one attached hydrogen (secondary N) is 1. The molecular formula is C14H10BrNO. The molecule has 3 rings (SSSR count). The molecule has 0 spiro atoms. The molecule has 17 heavy (non-hydrogen) atoms. The van der Waals surface area contributed by atoms with Crippen molar-refractivity contribution in [3.05, 3.63) is 53.0 Å². The quantitative estimate of drug-likeness (QED) is 0.688. The van der Waals surface area contributed by atoms with Crippen LogP contribution in [0.2, 0.25) is 0 Å². The Morgan fingerprint density at radius 1 is 1.00 bits per heavy atom. The van der Waals surface area contributed by atoms with Crippen molar-refractivity contribution in [3.63, 3.8) is 0 Å². The van der Waals surface area contributed by atoms with Crippen molar-refractivity contribution in [1.82, 2.24) is 4.98 Å². The smallest absolute Gasteiger partial charge is 0.126 e. The molecule has 3 aromatic rings. The van der Waals surface area contributed by atoms with Crippen molar-refractivity contribution in [2.24, 2.45) is 0 Å². The number of H-pyrrole nitrogens is 1. The maximum Gasteiger partial charge on any atom is 0.126 e. The first kappa shape index (κ1) is 10.4. The van der Waals surface area contributed by atoms with Crippen molar-refractivity contribution < 1.29 is 5.11 Å². The molecule has 0 saturated heterocycles. The van der Waals surface area contributed by atoms with E-state index in [1.54, 1.807) is 6.07 Å². The van der Waals surface area contributed by atoms with E-state index in [0.29, 0.717) is 0 Å². The number of aromatic amines is 1. The lowest BCUT2D eigenvalue weighted by Gasteiger charge is -2.04. The first-order chi connectivity index (χ1) is 8.25. The minimum atomic E-state index is 0.269. The fourth-order valence-electron chi connectivity index (χ4n) is 1.99. The van der Waals surface area contributed by atoms with Crippen LogP contribution in [0, 0.1) is 0 Å². The normalized spacial score (nSPS) is 10.9. The van der Waals surface area contributed by atoms with Gasteiger partial charge in [-0.05, 0) is 40.2 Å². The number of benzene rings is 2. The summed E-state index contributed by atoms with van der Waals surface area (Å²) in [5.74, 6) is 0.269. The number of aromatic hydroxyl groups is 1. The van der Waals surface area contributed by atoms with Crippen LogP contribution in [0.4, 0.5) is 0 Å². The first-order valence-electron chi connectivity index (χ1n) is 5.31. The van der Waals surface area contributed by atoms with Gasteiger partial charge in [-0.2, -0.15) is 0 Å². The van der Waals surface area contributed by atoms with Crippen molar-refractivity contribution in [1.29, 1.82) is 0 Å². The molecule has 2 aromatic carbocycles. The number of halogens is 1. The van der Waals surface area contributed by atoms with Gasteiger partial charge in [0.05, 0.1) is 11.3 Å². The summed E-state index contributed by atoms with van der Waals surface area (Å²) in [5.41, 5.74) is 2.78. The second kappa shape index (κ2) is 3.93. The summed E-state index contributed by atoms with van der Waals surface area (Å²) in [5, 5.41) is 11.1. The maximum absolute atomic E-state index is 9.92. The van der Waals surface area contributed by atoms with E-state index >= 15 is 0 Å². The Bertz CT molecular complexity index is 634. The van der Waals surface area contributed by atoms with Gasteiger partial charge in [-0.25, -0.2) is 0 Å². The highest BCUT2D eigenvalue weighted by Gasteiger charge is 2.10. The van der Waals surface area contributed by atoms with Gasteiger partial charge in [0.25, 0.3) is 0 Å². The van der Waals surface area contributed by atoms with E-state index in [9.17, 15) is 5.11 Å². The topological polar surface area (TPSA) is 36.0 Å². The molecule has 2 N–H and O–H groups in total. The molecule has 0 aliphatic carbocycles. The van der Waals surface area contributed by atoms with Gasteiger partial charge in [-0.15, -0.1) is 0 Å². The van der Waals surface area contributed by atoms with Crippen molar-refractivity contribution in [2.75, 3.05) is 0 Å². The summed E-state index contributed by atoms with van der Waals surface area (Å²) in [4.78, 5) is 3.30. The summed E-state index contributed by atoms with van der Waals surface area (Å²) < 4.78 is 0.879. The number of para-hydroxylation sites is 1. The molecule has 0 fully saturated rings. The number of hydrogen-bond donors (Lipinski definition) is 2. The Morgan fingerprint density at radius 3 is 2.59 bits per heavy atom. The highest BCUT2D eigenvalue weighted by Crippen LogP contribution is 2.36. The van der Waals surface area contributed by atoms with Crippen molar-refractivity contribution in [3.8, 4) is 17.0 Å². The van der Waals surface area contributed by atoms with Gasteiger partial charge in [-0.1, -0.05) is 24.3 Å². The maximum atomic E-state index is 9.92. The van der Waals surface area contributed by atoms with Crippen molar-refractivity contribution in [2.45, 2.75) is 0 Å². The first-order valence-corrected chi connectivity index (χ1v) is 6.10. The van der Waals surface area contributed by atoms with Crippen LogP contribution in [-0.4, -0.2) is 10.1 Å². The summed E-state index contributed by atoms with van der Waals surface area (Å²) in [6, 6.07) is 15.5. The van der Waals surface area contributed by atoms with E-state index in [1.807, 2.05) is 42.5 Å². The molecule has 0 aliphatic rings. The van der Waals surface area contributed by atoms with Gasteiger partial charge >= 0.3 is 0 Å². The number of phenols is 1. The van der Waals surface area contributed by atoms with Gasteiger partial charge in [0.15, 0.2) is 0 Å². The van der Waals surface area contributed by atoms with Crippen molar-refractivity contribution >= 4 is 26.8 Å². The summed E-state index contributed by atoms with van der Waals surface area (Å²) >= 11 is 3.46. The van der Waals surface area contributed by atoms with Gasteiger partial charge in [0.2, 0.25) is 0 Å². The summed E-state index contributed by atoms with van der Waals surface area (Å²) in [7, 11) is 0. The highest BCUT2D eigenvalue weighted by atomic mass is 79.9. The zero-order chi connectivity index (χ0) is 11.8. The third-order valence-electron chi connectivity index (χ3n) is 2.79. The van der Waals surface area contributed by atoms with Gasteiger partial charge in [0.1, 0.15) is 5.75 Å². The van der Waals surface area contributed by atoms with Crippen LogP contribution in [0.15, 0.2) is 53.0 Å². The van der Waals surface area contributed by atoms with E-state index in [0.717, 1.165) is 26.6 Å². The van der Waals surface area contributed by atoms with Crippen LogP contribution in [0.25, 0.3) is 22.2 Å². The molecule has 0 unspecified atom stereocenters. The number of fused-ring (bicyclic) bond motifs is 1. The monoisotopic (exact) mass is 287 g/mol. The van der Waals surface area contributed by atoms with Crippen LogP contribution >= 0.6 is 15.9 Å². The zero-order valence-electron chi connectivity index (χ0n) is 8.94. The molecule has 1 heterocycles. The second-order valence-corrected chi connectivity index (χ2v) is 4.76. The Balaban J connectivity index is 2.27. The lowest BCUT2D eigenvalue weighted by Crippen LogP contribution is -1.80. The third kappa shape index (κ3) is 1.72. The highest BCUT2D eigenvalue weighted by molar-refractivity contribution is 9.10. The van der Waals surface area contributed by atoms with Crippen LogP contribution in [0.3, 0.4) is 0 Å². The van der Waals surface area contributed by atoms with Crippen LogP contribution in [-0.2, 0) is 0 Å². The van der Waals surface area contributed by atoms with Crippen LogP contribution in [0.1, 0.15) is 0 Å². The molecule has 0 aliphatic heterocycles. The number of aromatic nitrogens is 1. The predicted octanol–water partition coefficient (Wildman–Crippen LogP) is 4.30. The molecule has 3 heteroatoms. The Kier molecular flexibility index (Phi) is 2.41. The fourth-order valence-corrected chi connectivity index (χ4v) is 2.56. The summed E-state index contributed by atoms with van der Waals surface area (Å²) in [6.07, 6.45) is 0. The van der Waals surface area contributed by atoms with Crippen LogP contribution < -0.4 is 0 Å². The number of hydrogen-bond acceptors (Lipinski definition) is 1. The molecule has 1 aromatic heterocycles. The van der Waals surface area contributed by atoms with E-state index in [2.05, 4.69) is 20.9 Å². The Morgan fingerprint density at radius 2 is 1.82 bits per heavy atom. The summed E-state index contributed by atoms with van der Waals surface area (Å²) in [6.45, 7) is 0. The van der Waals surface area contributed by atoms with E-state index < -0.39 is 0 Å².